The summed E-state index contributed by atoms with van der Waals surface area (Å²) in [4.78, 5) is 28.3. The van der Waals surface area contributed by atoms with Crippen molar-refractivity contribution in [2.75, 3.05) is 0 Å². The molecule has 112 valence electrons. The van der Waals surface area contributed by atoms with Crippen molar-refractivity contribution in [3.8, 4) is 0 Å². The molecule has 0 aliphatic heterocycles. The van der Waals surface area contributed by atoms with E-state index in [1.165, 1.54) is 11.3 Å². The van der Waals surface area contributed by atoms with Gasteiger partial charge in [0.05, 0.1) is 18.0 Å². The topological polar surface area (TPSA) is 83.7 Å². The molecule has 2 atom stereocenters. The summed E-state index contributed by atoms with van der Waals surface area (Å²) in [5.74, 6) is -1.14. The second kappa shape index (κ2) is 5.48. The fourth-order valence-corrected chi connectivity index (χ4v) is 3.77. The summed E-state index contributed by atoms with van der Waals surface area (Å²) in [5.41, 5.74) is 1.85. The molecule has 0 bridgehead atoms. The number of amides is 1. The minimum Gasteiger partial charge on any atom is -0.481 e. The Kier molecular flexibility index (Phi) is 3.67. The normalized spacial score (nSPS) is 21.8. The van der Waals surface area contributed by atoms with Crippen molar-refractivity contribution >= 4 is 28.2 Å². The van der Waals surface area contributed by atoms with E-state index in [9.17, 15) is 9.59 Å². The molecule has 1 fully saturated rings. The molecule has 7 heteroatoms. The third-order valence-corrected chi connectivity index (χ3v) is 4.78. The number of nitrogens with zero attached hydrogens (tertiary/aromatic N) is 2. The highest BCUT2D eigenvalue weighted by Gasteiger charge is 2.30. The molecule has 2 N–H and O–H groups in total. The maximum atomic E-state index is 12.1. The second-order valence-electron chi connectivity index (χ2n) is 5.55. The molecule has 2 heterocycles. The molecular weight excluding hydrogens is 290 g/mol. The van der Waals surface area contributed by atoms with E-state index in [1.807, 2.05) is 22.9 Å². The number of hydrogen-bond acceptors (Lipinski definition) is 4. The summed E-state index contributed by atoms with van der Waals surface area (Å²) >= 11 is 1.52. The summed E-state index contributed by atoms with van der Waals surface area (Å²) < 4.78 is 1.94. The fourth-order valence-electron chi connectivity index (χ4n) is 2.85. The first-order valence-corrected chi connectivity index (χ1v) is 7.85. The number of carbonyl (C=O) groups is 2. The van der Waals surface area contributed by atoms with E-state index in [1.54, 1.807) is 0 Å². The Hall–Kier alpha value is -1.89. The lowest BCUT2D eigenvalue weighted by molar-refractivity contribution is -0.141. The number of carbonyl (C=O) groups excluding carboxylic acids is 1. The monoisotopic (exact) mass is 307 g/mol. The van der Waals surface area contributed by atoms with Crippen LogP contribution in [0.4, 0.5) is 0 Å². The van der Waals surface area contributed by atoms with E-state index in [4.69, 9.17) is 5.11 Å². The summed E-state index contributed by atoms with van der Waals surface area (Å²) in [6.07, 6.45) is 4.13. The molecule has 2 aromatic rings. The fraction of sp³-hybridized carbons (Fsp3) is 0.500. The van der Waals surface area contributed by atoms with Gasteiger partial charge >= 0.3 is 5.97 Å². The molecule has 1 saturated carbocycles. The Bertz CT molecular complexity index is 691. The van der Waals surface area contributed by atoms with E-state index in [0.29, 0.717) is 19.3 Å². The van der Waals surface area contributed by atoms with E-state index >= 15 is 0 Å². The van der Waals surface area contributed by atoms with Crippen LogP contribution in [0.2, 0.25) is 0 Å². The Labute approximate surface area is 125 Å². The number of carboxylic acid groups (broad SMARTS) is 1. The van der Waals surface area contributed by atoms with Gasteiger partial charge in [-0.25, -0.2) is 4.98 Å². The predicted molar refractivity (Wildman–Crippen MR) is 78.4 cm³/mol. The third-order valence-electron chi connectivity index (χ3n) is 3.89. The third kappa shape index (κ3) is 2.92. The molecule has 1 aliphatic rings. The van der Waals surface area contributed by atoms with Crippen LogP contribution in [0.5, 0.6) is 0 Å². The molecule has 1 aliphatic carbocycles. The molecule has 0 spiro atoms. The summed E-state index contributed by atoms with van der Waals surface area (Å²) in [5, 5.41) is 13.9. The summed E-state index contributed by atoms with van der Waals surface area (Å²) in [6.45, 7) is 1.92. The zero-order valence-corrected chi connectivity index (χ0v) is 12.5. The zero-order valence-electron chi connectivity index (χ0n) is 11.7. The van der Waals surface area contributed by atoms with Crippen LogP contribution in [0.25, 0.3) is 4.96 Å². The maximum absolute atomic E-state index is 12.1. The highest BCUT2D eigenvalue weighted by Crippen LogP contribution is 2.25. The van der Waals surface area contributed by atoms with Crippen LogP contribution in [-0.4, -0.2) is 32.4 Å². The minimum absolute atomic E-state index is 0.0164. The number of nitrogens with one attached hydrogen (secondary N) is 1. The first-order valence-electron chi connectivity index (χ1n) is 6.97. The van der Waals surface area contributed by atoms with Crippen LogP contribution >= 0.6 is 11.3 Å². The van der Waals surface area contributed by atoms with Gasteiger partial charge in [-0.05, 0) is 26.2 Å². The predicted octanol–water partition coefficient (Wildman–Crippen LogP) is 1.62. The molecule has 0 unspecified atom stereocenters. The van der Waals surface area contributed by atoms with E-state index in [2.05, 4.69) is 10.3 Å². The lowest BCUT2D eigenvalue weighted by atomic mass is 10.1. The average Bonchev–Trinajstić information content (AvgIpc) is 3.07. The molecule has 2 aromatic heterocycles. The number of aryl methyl sites for hydroxylation is 1. The number of aliphatic carboxylic acids is 1. The summed E-state index contributed by atoms with van der Waals surface area (Å²) in [7, 11) is 0. The van der Waals surface area contributed by atoms with Crippen LogP contribution in [0.3, 0.4) is 0 Å². The Morgan fingerprint density at radius 1 is 1.52 bits per heavy atom. The van der Waals surface area contributed by atoms with Gasteiger partial charge in [0, 0.05) is 23.3 Å². The molecule has 0 aromatic carbocycles. The number of aromatic nitrogens is 2. The number of hydrogen-bond donors (Lipinski definition) is 2. The van der Waals surface area contributed by atoms with E-state index in [-0.39, 0.29) is 17.9 Å². The first-order chi connectivity index (χ1) is 10.0. The Balaban J connectivity index is 1.60. The zero-order chi connectivity index (χ0) is 15.0. The van der Waals surface area contributed by atoms with Crippen LogP contribution < -0.4 is 5.32 Å². The van der Waals surface area contributed by atoms with Gasteiger partial charge in [-0.2, -0.15) is 0 Å². The van der Waals surface area contributed by atoms with Crippen molar-refractivity contribution < 1.29 is 14.7 Å². The number of carboxylic acids is 1. The van der Waals surface area contributed by atoms with Crippen molar-refractivity contribution in [1.82, 2.24) is 14.7 Å². The SMILES string of the molecule is Cc1cn2c(CC(=O)N[C@H]3CC[C@@H](C(=O)O)C3)csc2n1. The van der Waals surface area contributed by atoms with Crippen molar-refractivity contribution in [3.63, 3.8) is 0 Å². The number of imidazole rings is 1. The highest BCUT2D eigenvalue weighted by molar-refractivity contribution is 7.15. The van der Waals surface area contributed by atoms with E-state index < -0.39 is 5.97 Å². The quantitative estimate of drug-likeness (QED) is 0.899. The van der Waals surface area contributed by atoms with Gasteiger partial charge in [-0.3, -0.25) is 14.0 Å². The molecule has 21 heavy (non-hydrogen) atoms. The average molecular weight is 307 g/mol. The van der Waals surface area contributed by atoms with Gasteiger partial charge in [-0.15, -0.1) is 11.3 Å². The van der Waals surface area contributed by atoms with Crippen molar-refractivity contribution in [1.29, 1.82) is 0 Å². The first kappa shape index (κ1) is 14.1. The van der Waals surface area contributed by atoms with Gasteiger partial charge in [0.2, 0.25) is 5.91 Å². The number of rotatable bonds is 4. The largest absolute Gasteiger partial charge is 0.481 e. The number of thiazole rings is 1. The highest BCUT2D eigenvalue weighted by atomic mass is 32.1. The molecule has 6 nitrogen and oxygen atoms in total. The van der Waals surface area contributed by atoms with E-state index in [0.717, 1.165) is 22.8 Å². The van der Waals surface area contributed by atoms with Crippen molar-refractivity contribution in [3.05, 3.63) is 23.0 Å². The van der Waals surface area contributed by atoms with Crippen LogP contribution in [0.1, 0.15) is 30.7 Å². The number of fused-ring (bicyclic) bond motifs is 1. The van der Waals surface area contributed by atoms with Gasteiger partial charge < -0.3 is 10.4 Å². The standard InChI is InChI=1S/C14H17N3O3S/c1-8-6-17-11(7-21-14(17)15-8)5-12(18)16-10-3-2-9(4-10)13(19)20/h6-7,9-10H,2-5H2,1H3,(H,16,18)(H,19,20)/t9-,10+/m1/s1. The van der Waals surface area contributed by atoms with Gasteiger partial charge in [0.1, 0.15) is 0 Å². The van der Waals surface area contributed by atoms with Crippen molar-refractivity contribution in [2.45, 2.75) is 38.6 Å². The Morgan fingerprint density at radius 2 is 2.33 bits per heavy atom. The van der Waals surface area contributed by atoms with Crippen LogP contribution in [0, 0.1) is 12.8 Å². The van der Waals surface area contributed by atoms with Crippen LogP contribution in [-0.2, 0) is 16.0 Å². The van der Waals surface area contributed by atoms with Crippen LogP contribution in [0.15, 0.2) is 11.6 Å². The summed E-state index contributed by atoms with van der Waals surface area (Å²) in [6, 6.07) is -0.0164. The Morgan fingerprint density at radius 3 is 3.05 bits per heavy atom. The molecule has 1 amide bonds. The molecular formula is C14H17N3O3S. The van der Waals surface area contributed by atoms with Crippen molar-refractivity contribution in [2.24, 2.45) is 5.92 Å². The maximum Gasteiger partial charge on any atom is 0.306 e. The molecule has 0 radical (unpaired) electrons. The van der Waals surface area contributed by atoms with Gasteiger partial charge in [0.15, 0.2) is 4.96 Å². The van der Waals surface area contributed by atoms with Gasteiger partial charge in [0.25, 0.3) is 0 Å². The smallest absolute Gasteiger partial charge is 0.306 e. The molecule has 0 saturated heterocycles. The lowest BCUT2D eigenvalue weighted by Gasteiger charge is -2.12. The lowest BCUT2D eigenvalue weighted by Crippen LogP contribution is -2.34. The minimum atomic E-state index is -0.764. The van der Waals surface area contributed by atoms with Gasteiger partial charge in [-0.1, -0.05) is 0 Å². The molecule has 3 rings (SSSR count). The second-order valence-corrected chi connectivity index (χ2v) is 6.39.